The first-order chi connectivity index (χ1) is 22.8. The second-order valence-electron chi connectivity index (χ2n) is 12.1. The number of hydrogen-bond donors (Lipinski definition) is 1. The normalized spacial score (nSPS) is 16.9. The fourth-order valence-electron chi connectivity index (χ4n) is 6.09. The Morgan fingerprint density at radius 2 is 1.50 bits per heavy atom. The Kier molecular flexibility index (Phi) is 13.3. The first-order valence-electron chi connectivity index (χ1n) is 15.4. The van der Waals surface area contributed by atoms with Gasteiger partial charge >= 0.3 is 24.7 Å². The Hall–Kier alpha value is -3.96. The molecule has 2 aromatic carbocycles. The molecule has 19 heteroatoms. The lowest BCUT2D eigenvalue weighted by Gasteiger charge is -2.35. The third-order valence-corrected chi connectivity index (χ3v) is 8.19. The van der Waals surface area contributed by atoms with E-state index in [4.69, 9.17) is 5.11 Å². The van der Waals surface area contributed by atoms with Crippen molar-refractivity contribution in [2.45, 2.75) is 77.3 Å². The minimum Gasteiger partial charge on any atom is -0.481 e. The van der Waals surface area contributed by atoms with E-state index in [1.54, 1.807) is 0 Å². The Morgan fingerprint density at radius 1 is 0.900 bits per heavy atom. The van der Waals surface area contributed by atoms with E-state index in [0.29, 0.717) is 50.2 Å². The summed E-state index contributed by atoms with van der Waals surface area (Å²) in [5.41, 5.74) is -2.78. The summed E-state index contributed by atoms with van der Waals surface area (Å²) in [4.78, 5) is 15.4. The van der Waals surface area contributed by atoms with E-state index in [9.17, 15) is 44.3 Å². The molecular weight excluding hydrogens is 711 g/mol. The van der Waals surface area contributed by atoms with E-state index in [1.165, 1.54) is 18.0 Å². The van der Waals surface area contributed by atoms with Crippen molar-refractivity contribution in [3.8, 4) is 5.75 Å². The van der Waals surface area contributed by atoms with E-state index >= 15 is 0 Å². The van der Waals surface area contributed by atoms with E-state index in [-0.39, 0.29) is 54.8 Å². The van der Waals surface area contributed by atoms with Crippen molar-refractivity contribution in [2.75, 3.05) is 22.9 Å². The summed E-state index contributed by atoms with van der Waals surface area (Å²) in [6, 6.07) is 4.80. The third-order valence-electron chi connectivity index (χ3n) is 8.19. The van der Waals surface area contributed by atoms with Crippen molar-refractivity contribution in [3.05, 3.63) is 58.7 Å². The molecule has 0 spiro atoms. The van der Waals surface area contributed by atoms with Gasteiger partial charge < -0.3 is 19.6 Å². The minimum atomic E-state index is -5.10. The number of hydrogen-bond acceptors (Lipinski definition) is 7. The van der Waals surface area contributed by atoms with Crippen molar-refractivity contribution < 1.29 is 54.2 Å². The summed E-state index contributed by atoms with van der Waals surface area (Å²) >= 11 is 0. The van der Waals surface area contributed by atoms with Gasteiger partial charge in [0.2, 0.25) is 0 Å². The SMILES string of the molecule is CCCN(C[C@H]1CC[C@H](CC(=O)O)CC1)c1ccc(OC(F)(F)F)cc1CN(Cc1cc(C(F)(F)F)cc(C(F)(F)F)c1)c1nnn(C)n1.Cl. The van der Waals surface area contributed by atoms with E-state index in [1.807, 2.05) is 11.8 Å². The number of ether oxygens (including phenoxy) is 1. The molecule has 50 heavy (non-hydrogen) atoms. The van der Waals surface area contributed by atoms with Crippen LogP contribution in [-0.2, 0) is 37.3 Å². The van der Waals surface area contributed by atoms with Gasteiger partial charge in [-0.15, -0.1) is 30.7 Å². The van der Waals surface area contributed by atoms with Crippen LogP contribution >= 0.6 is 12.4 Å². The van der Waals surface area contributed by atoms with Gasteiger partial charge in [0.05, 0.1) is 18.2 Å². The lowest BCUT2D eigenvalue weighted by Crippen LogP contribution is -2.34. The van der Waals surface area contributed by atoms with Crippen LogP contribution in [0.15, 0.2) is 36.4 Å². The number of aliphatic carboxylic acids is 1. The van der Waals surface area contributed by atoms with Gasteiger partial charge in [-0.1, -0.05) is 12.0 Å². The lowest BCUT2D eigenvalue weighted by atomic mass is 9.80. The molecule has 0 bridgehead atoms. The molecule has 0 atom stereocenters. The summed E-state index contributed by atoms with van der Waals surface area (Å²) < 4.78 is 126. The van der Waals surface area contributed by atoms with Crippen molar-refractivity contribution >= 4 is 30.0 Å². The Labute approximate surface area is 287 Å². The van der Waals surface area contributed by atoms with Gasteiger partial charge in [-0.3, -0.25) is 4.79 Å². The fourth-order valence-corrected chi connectivity index (χ4v) is 6.09. The number of anilines is 2. The first-order valence-corrected chi connectivity index (χ1v) is 15.4. The van der Waals surface area contributed by atoms with Crippen LogP contribution < -0.4 is 14.5 Å². The monoisotopic (exact) mass is 746 g/mol. The maximum absolute atomic E-state index is 13.7. The average molecular weight is 747 g/mol. The van der Waals surface area contributed by atoms with Gasteiger partial charge in [-0.25, -0.2) is 0 Å². The predicted molar refractivity (Wildman–Crippen MR) is 166 cm³/mol. The number of alkyl halides is 9. The molecule has 1 N–H and O–H groups in total. The molecule has 1 saturated carbocycles. The zero-order valence-electron chi connectivity index (χ0n) is 26.9. The number of benzene rings is 2. The van der Waals surface area contributed by atoms with Gasteiger partial charge in [0, 0.05) is 38.3 Å². The summed E-state index contributed by atoms with van der Waals surface area (Å²) in [5.74, 6) is -1.46. The van der Waals surface area contributed by atoms with Gasteiger partial charge in [0.1, 0.15) is 5.75 Å². The molecule has 0 radical (unpaired) electrons. The first kappa shape index (κ1) is 40.5. The highest BCUT2D eigenvalue weighted by molar-refractivity contribution is 5.85. The molecule has 1 aliphatic rings. The van der Waals surface area contributed by atoms with Crippen LogP contribution in [0.25, 0.3) is 0 Å². The van der Waals surface area contributed by atoms with Crippen LogP contribution in [0.4, 0.5) is 51.1 Å². The van der Waals surface area contributed by atoms with Gasteiger partial charge in [0.25, 0.3) is 5.95 Å². The second kappa shape index (κ2) is 16.4. The number of rotatable bonds is 13. The highest BCUT2D eigenvalue weighted by Crippen LogP contribution is 2.38. The van der Waals surface area contributed by atoms with Crippen molar-refractivity contribution in [1.82, 2.24) is 20.2 Å². The fraction of sp³-hybridized carbons (Fsp3) is 0.548. The molecule has 0 unspecified atom stereocenters. The molecular formula is C31H36ClF9N6O3. The molecule has 4 rings (SSSR count). The average Bonchev–Trinajstić information content (AvgIpc) is 3.42. The maximum Gasteiger partial charge on any atom is 0.573 e. The van der Waals surface area contributed by atoms with Crippen LogP contribution in [0.1, 0.15) is 67.7 Å². The molecule has 3 aromatic rings. The molecule has 0 saturated heterocycles. The molecule has 0 aliphatic heterocycles. The van der Waals surface area contributed by atoms with Crippen LogP contribution in [0.3, 0.4) is 0 Å². The number of nitrogens with zero attached hydrogens (tertiary/aromatic N) is 6. The van der Waals surface area contributed by atoms with E-state index < -0.39 is 53.7 Å². The summed E-state index contributed by atoms with van der Waals surface area (Å²) in [5, 5.41) is 20.8. The summed E-state index contributed by atoms with van der Waals surface area (Å²) in [6.45, 7) is 1.90. The smallest absolute Gasteiger partial charge is 0.481 e. The molecule has 0 amide bonds. The Morgan fingerprint density at radius 3 is 2.00 bits per heavy atom. The van der Waals surface area contributed by atoms with Crippen LogP contribution in [0.5, 0.6) is 5.75 Å². The minimum absolute atomic E-state index is 0. The largest absolute Gasteiger partial charge is 0.573 e. The highest BCUT2D eigenvalue weighted by atomic mass is 35.5. The van der Waals surface area contributed by atoms with Gasteiger partial charge in [0.15, 0.2) is 0 Å². The zero-order valence-corrected chi connectivity index (χ0v) is 27.8. The number of halogens is 10. The molecule has 9 nitrogen and oxygen atoms in total. The van der Waals surface area contributed by atoms with Crippen LogP contribution in [-0.4, -0.2) is 50.7 Å². The molecule has 1 aliphatic carbocycles. The number of tetrazole rings is 1. The Balaban J connectivity index is 0.00000676. The second-order valence-corrected chi connectivity index (χ2v) is 12.1. The topological polar surface area (TPSA) is 96.6 Å². The lowest BCUT2D eigenvalue weighted by molar-refractivity contribution is -0.274. The number of carboxylic acids is 1. The number of carboxylic acid groups (broad SMARTS) is 1. The standard InChI is InChI=1S/C31H35F9N6O3.ClH/c1-3-10-45(16-20-6-4-19(5-7-20)13-27(47)48)26-9-8-25(49-31(38,39)40)14-22(26)18-46(28-41-43-44(2)42-28)17-21-11-23(29(32,33)34)15-24(12-21)30(35,36)37;/h8-9,11-12,14-15,19-20H,3-7,10,13,16-18H2,1-2H3,(H,47,48);1H/t19-,20-;. The quantitative estimate of drug-likeness (QED) is 0.175. The predicted octanol–water partition coefficient (Wildman–Crippen LogP) is 8.27. The van der Waals surface area contributed by atoms with Gasteiger partial charge in [-0.05, 0) is 96.7 Å². The molecule has 278 valence electrons. The zero-order chi connectivity index (χ0) is 36.1. The van der Waals surface area contributed by atoms with Crippen molar-refractivity contribution in [1.29, 1.82) is 0 Å². The Bertz CT molecular complexity index is 1540. The highest BCUT2D eigenvalue weighted by Gasteiger charge is 2.37. The molecule has 1 fully saturated rings. The van der Waals surface area contributed by atoms with Crippen LogP contribution in [0, 0.1) is 11.8 Å². The number of aromatic nitrogens is 4. The van der Waals surface area contributed by atoms with E-state index in [0.717, 1.165) is 29.8 Å². The van der Waals surface area contributed by atoms with Crippen molar-refractivity contribution in [3.63, 3.8) is 0 Å². The van der Waals surface area contributed by atoms with Gasteiger partial charge in [-0.2, -0.15) is 31.1 Å². The molecule has 1 heterocycles. The number of aryl methyl sites for hydroxylation is 1. The molecule has 1 aromatic heterocycles. The summed E-state index contributed by atoms with van der Waals surface area (Å²) in [7, 11) is 1.39. The summed E-state index contributed by atoms with van der Waals surface area (Å²) in [6.07, 6.45) is -11.7. The van der Waals surface area contributed by atoms with Crippen molar-refractivity contribution in [2.24, 2.45) is 18.9 Å². The third kappa shape index (κ3) is 11.6. The van der Waals surface area contributed by atoms with Crippen LogP contribution in [0.2, 0.25) is 0 Å². The maximum atomic E-state index is 13.7. The number of carbonyl (C=O) groups is 1. The van der Waals surface area contributed by atoms with E-state index in [2.05, 4.69) is 20.1 Å².